The Hall–Kier alpha value is -2.41. The number of hydrogen-bond acceptors (Lipinski definition) is 6. The Labute approximate surface area is 218 Å². The van der Waals surface area contributed by atoms with Crippen LogP contribution < -0.4 is 0 Å². The number of fused-ring (bicyclic) bond motifs is 4. The van der Waals surface area contributed by atoms with Crippen molar-refractivity contribution in [3.8, 4) is 0 Å². The van der Waals surface area contributed by atoms with Gasteiger partial charge in [0.15, 0.2) is 11.6 Å². The molecule has 37 heavy (non-hydrogen) atoms. The van der Waals surface area contributed by atoms with E-state index in [1.165, 1.54) is 13.0 Å². The van der Waals surface area contributed by atoms with Crippen molar-refractivity contribution in [3.63, 3.8) is 0 Å². The summed E-state index contributed by atoms with van der Waals surface area (Å²) in [5.74, 6) is -2.74. The third kappa shape index (κ3) is 3.67. The minimum Gasteiger partial charge on any atom is -0.481 e. The van der Waals surface area contributed by atoms with Gasteiger partial charge in [-0.1, -0.05) is 40.2 Å². The highest BCUT2D eigenvalue weighted by Crippen LogP contribution is 2.70. The van der Waals surface area contributed by atoms with Gasteiger partial charge >= 0.3 is 5.97 Å². The summed E-state index contributed by atoms with van der Waals surface area (Å²) in [5.41, 5.74) is -1.43. The quantitative estimate of drug-likeness (QED) is 0.527. The zero-order valence-electron chi connectivity index (χ0n) is 23.1. The van der Waals surface area contributed by atoms with E-state index in [0.717, 1.165) is 0 Å². The number of hydrogen-bond donors (Lipinski definition) is 2. The summed E-state index contributed by atoms with van der Waals surface area (Å²) < 4.78 is 0. The molecule has 0 amide bonds. The smallest absolute Gasteiger partial charge is 0.306 e. The Morgan fingerprint density at radius 1 is 1.08 bits per heavy atom. The second kappa shape index (κ2) is 8.55. The van der Waals surface area contributed by atoms with Gasteiger partial charge in [-0.25, -0.2) is 0 Å². The van der Waals surface area contributed by atoms with E-state index in [-0.39, 0.29) is 54.2 Å². The normalized spacial score (nSPS) is 40.2. The molecule has 0 bridgehead atoms. The van der Waals surface area contributed by atoms with Gasteiger partial charge < -0.3 is 10.2 Å². The highest BCUT2D eigenvalue weighted by Gasteiger charge is 2.70. The lowest BCUT2D eigenvalue weighted by Gasteiger charge is -2.60. The summed E-state index contributed by atoms with van der Waals surface area (Å²) >= 11 is 0. The Bertz CT molecular complexity index is 1170. The van der Waals surface area contributed by atoms with Crippen LogP contribution in [0.5, 0.6) is 0 Å². The van der Waals surface area contributed by atoms with Gasteiger partial charge in [-0.15, -0.1) is 0 Å². The molecular weight excluding hydrogens is 472 g/mol. The molecular formula is C30H40O7. The monoisotopic (exact) mass is 512 g/mol. The molecule has 4 rings (SSSR count). The molecule has 2 fully saturated rings. The van der Waals surface area contributed by atoms with Crippen molar-refractivity contribution in [2.45, 2.75) is 93.1 Å². The summed E-state index contributed by atoms with van der Waals surface area (Å²) in [6, 6.07) is 0. The molecule has 7 atom stereocenters. The van der Waals surface area contributed by atoms with E-state index in [2.05, 4.69) is 0 Å². The molecule has 7 nitrogen and oxygen atoms in total. The van der Waals surface area contributed by atoms with E-state index in [1.54, 1.807) is 6.92 Å². The van der Waals surface area contributed by atoms with E-state index in [4.69, 9.17) is 5.11 Å². The summed E-state index contributed by atoms with van der Waals surface area (Å²) in [7, 11) is 0. The molecule has 7 heteroatoms. The number of aliphatic hydroxyl groups is 1. The molecule has 202 valence electrons. The number of allylic oxidation sites excluding steroid dienone is 3. The standard InChI is InChI=1S/C30H40O7/c1-15(10-17(31)11-16(2)26(36)37)18-12-23(35)30(7)25-19(32)13-21-27(3,4)22(34)8-9-28(21,5)24(25)20(33)14-29(18,30)6/h10,16,18-19,21,32H,8-9,11-14H2,1-7H3,(H,36,37)/b15-10+. The maximum absolute atomic E-state index is 14.0. The Morgan fingerprint density at radius 3 is 2.30 bits per heavy atom. The van der Waals surface area contributed by atoms with Gasteiger partial charge in [-0.2, -0.15) is 0 Å². The lowest BCUT2D eigenvalue weighted by Crippen LogP contribution is -2.59. The van der Waals surface area contributed by atoms with Crippen LogP contribution in [0.1, 0.15) is 87.0 Å². The first-order chi connectivity index (χ1) is 16.9. The van der Waals surface area contributed by atoms with E-state index in [1.807, 2.05) is 34.6 Å². The number of Topliss-reactive ketones (excluding diaryl/α,β-unsaturated/α-hetero) is 3. The molecule has 7 unspecified atom stereocenters. The van der Waals surface area contributed by atoms with Crippen LogP contribution in [-0.2, 0) is 24.0 Å². The van der Waals surface area contributed by atoms with E-state index >= 15 is 0 Å². The number of aliphatic hydroxyl groups excluding tert-OH is 1. The summed E-state index contributed by atoms with van der Waals surface area (Å²) in [6.45, 7) is 12.9. The van der Waals surface area contributed by atoms with Gasteiger partial charge in [0.1, 0.15) is 11.6 Å². The lowest BCUT2D eigenvalue weighted by atomic mass is 9.42. The maximum atomic E-state index is 14.0. The Morgan fingerprint density at radius 2 is 1.70 bits per heavy atom. The fraction of sp³-hybridized carbons (Fsp3) is 0.700. The van der Waals surface area contributed by atoms with E-state index < -0.39 is 39.7 Å². The second-order valence-corrected chi connectivity index (χ2v) is 13.3. The molecule has 0 aromatic heterocycles. The van der Waals surface area contributed by atoms with Crippen LogP contribution in [0.25, 0.3) is 0 Å². The fourth-order valence-electron chi connectivity index (χ4n) is 8.51. The maximum Gasteiger partial charge on any atom is 0.306 e. The predicted octanol–water partition coefficient (Wildman–Crippen LogP) is 4.26. The number of aliphatic carboxylic acids is 1. The Balaban J connectivity index is 1.81. The zero-order chi connectivity index (χ0) is 27.9. The molecule has 0 aliphatic heterocycles. The van der Waals surface area contributed by atoms with Crippen molar-refractivity contribution in [2.75, 3.05) is 0 Å². The van der Waals surface area contributed by atoms with Crippen molar-refractivity contribution < 1.29 is 34.2 Å². The minimum atomic E-state index is -1.08. The molecule has 4 aliphatic carbocycles. The predicted molar refractivity (Wildman–Crippen MR) is 136 cm³/mol. The first-order valence-electron chi connectivity index (χ1n) is 13.4. The fourth-order valence-corrected chi connectivity index (χ4v) is 8.51. The third-order valence-corrected chi connectivity index (χ3v) is 10.9. The van der Waals surface area contributed by atoms with Crippen LogP contribution in [0.15, 0.2) is 22.8 Å². The molecule has 2 saturated carbocycles. The number of ketones is 4. The first-order valence-corrected chi connectivity index (χ1v) is 13.4. The van der Waals surface area contributed by atoms with E-state index in [0.29, 0.717) is 36.0 Å². The number of carboxylic acid groups (broad SMARTS) is 1. The van der Waals surface area contributed by atoms with Gasteiger partial charge in [-0.3, -0.25) is 24.0 Å². The summed E-state index contributed by atoms with van der Waals surface area (Å²) in [5, 5.41) is 20.7. The zero-order valence-corrected chi connectivity index (χ0v) is 23.1. The van der Waals surface area contributed by atoms with Crippen molar-refractivity contribution in [3.05, 3.63) is 22.8 Å². The molecule has 4 aliphatic rings. The number of carbonyl (C=O) groups is 5. The minimum absolute atomic E-state index is 0.0497. The van der Waals surface area contributed by atoms with Crippen LogP contribution in [0.3, 0.4) is 0 Å². The second-order valence-electron chi connectivity index (χ2n) is 13.3. The number of carboxylic acids is 1. The number of carbonyl (C=O) groups excluding carboxylic acids is 4. The molecule has 0 radical (unpaired) electrons. The molecule has 0 heterocycles. The van der Waals surface area contributed by atoms with Gasteiger partial charge in [0.2, 0.25) is 0 Å². The topological polar surface area (TPSA) is 126 Å². The van der Waals surface area contributed by atoms with Crippen molar-refractivity contribution >= 4 is 29.1 Å². The average molecular weight is 513 g/mol. The van der Waals surface area contributed by atoms with Crippen LogP contribution in [0.4, 0.5) is 0 Å². The summed E-state index contributed by atoms with van der Waals surface area (Å²) in [6.07, 6.45) is 1.78. The van der Waals surface area contributed by atoms with Crippen molar-refractivity contribution in [2.24, 2.45) is 39.4 Å². The first kappa shape index (κ1) is 27.6. The van der Waals surface area contributed by atoms with Crippen molar-refractivity contribution in [1.82, 2.24) is 0 Å². The summed E-state index contributed by atoms with van der Waals surface area (Å²) in [4.78, 5) is 64.5. The van der Waals surface area contributed by atoms with Gasteiger partial charge in [0.25, 0.3) is 0 Å². The van der Waals surface area contributed by atoms with Crippen LogP contribution >= 0.6 is 0 Å². The third-order valence-electron chi connectivity index (χ3n) is 10.9. The van der Waals surface area contributed by atoms with E-state index in [9.17, 15) is 29.1 Å². The molecule has 0 saturated heterocycles. The molecule has 2 N–H and O–H groups in total. The van der Waals surface area contributed by atoms with Gasteiger partial charge in [0.05, 0.1) is 17.4 Å². The number of rotatable bonds is 5. The SMILES string of the molecule is C/C(=C\C(=O)CC(C)C(=O)O)C1CC(=O)C2(C)C3=C(C(=O)CC12C)C1(C)CCC(=O)C(C)(C)C1CC3O. The molecule has 0 spiro atoms. The van der Waals surface area contributed by atoms with Gasteiger partial charge in [0, 0.05) is 42.1 Å². The molecule has 0 aromatic carbocycles. The van der Waals surface area contributed by atoms with Crippen LogP contribution in [-0.4, -0.2) is 45.4 Å². The lowest BCUT2D eigenvalue weighted by molar-refractivity contribution is -0.146. The average Bonchev–Trinajstić information content (AvgIpc) is 2.99. The molecule has 0 aromatic rings. The van der Waals surface area contributed by atoms with Crippen LogP contribution in [0.2, 0.25) is 0 Å². The highest BCUT2D eigenvalue weighted by atomic mass is 16.4. The van der Waals surface area contributed by atoms with Gasteiger partial charge in [-0.05, 0) is 55.6 Å². The Kier molecular flexibility index (Phi) is 6.38. The highest BCUT2D eigenvalue weighted by molar-refractivity contribution is 6.06. The van der Waals surface area contributed by atoms with Crippen LogP contribution in [0, 0.1) is 39.4 Å². The largest absolute Gasteiger partial charge is 0.481 e. The van der Waals surface area contributed by atoms with Crippen molar-refractivity contribution in [1.29, 1.82) is 0 Å².